The highest BCUT2D eigenvalue weighted by molar-refractivity contribution is 6.01. The average Bonchev–Trinajstić information content (AvgIpc) is 2.66. The molecule has 0 amide bonds. The summed E-state index contributed by atoms with van der Waals surface area (Å²) in [6.07, 6.45) is 1.28. The Labute approximate surface area is 151 Å². The third kappa shape index (κ3) is 3.68. The molecule has 0 aliphatic rings. The van der Waals surface area contributed by atoms with E-state index in [2.05, 4.69) is 21.0 Å². The van der Waals surface area contributed by atoms with Gasteiger partial charge in [0.1, 0.15) is 29.6 Å². The smallest absolute Gasteiger partial charge is 0.240 e. The number of hydrogen-bond donors (Lipinski definition) is 1. The lowest BCUT2D eigenvalue weighted by Crippen LogP contribution is -1.98. The van der Waals surface area contributed by atoms with Crippen molar-refractivity contribution in [2.75, 3.05) is 0 Å². The van der Waals surface area contributed by atoms with E-state index in [0.717, 1.165) is 5.56 Å². The summed E-state index contributed by atoms with van der Waals surface area (Å²) < 4.78 is 5.77. The van der Waals surface area contributed by atoms with Crippen LogP contribution in [0, 0.1) is 18.3 Å². The molecule has 1 aromatic heterocycles. The number of para-hydroxylation sites is 1. The molecule has 3 aromatic rings. The van der Waals surface area contributed by atoms with E-state index < -0.39 is 0 Å². The fourth-order valence-corrected chi connectivity index (χ4v) is 2.36. The summed E-state index contributed by atoms with van der Waals surface area (Å²) in [6.45, 7) is 3.53. The van der Waals surface area contributed by atoms with E-state index in [1.54, 1.807) is 26.0 Å². The van der Waals surface area contributed by atoms with Crippen molar-refractivity contribution in [1.29, 1.82) is 5.26 Å². The maximum absolute atomic E-state index is 9.87. The number of aryl methyl sites for hydroxylation is 1. The number of nitrogens with zero attached hydrogens (tertiary/aromatic N) is 4. The minimum absolute atomic E-state index is 0.179. The van der Waals surface area contributed by atoms with Gasteiger partial charge in [0.2, 0.25) is 5.88 Å². The van der Waals surface area contributed by atoms with E-state index in [1.165, 1.54) is 6.33 Å². The topological polar surface area (TPSA) is 91.4 Å². The molecule has 0 saturated heterocycles. The Morgan fingerprint density at radius 3 is 2.62 bits per heavy atom. The lowest BCUT2D eigenvalue weighted by molar-refractivity contribution is 0.453. The van der Waals surface area contributed by atoms with Crippen LogP contribution in [-0.2, 0) is 0 Å². The van der Waals surface area contributed by atoms with Crippen LogP contribution in [0.5, 0.6) is 17.4 Å². The Bertz CT molecular complexity index is 988. The fraction of sp³-hybridized carbons (Fsp3) is 0.100. The molecule has 26 heavy (non-hydrogen) atoms. The fourth-order valence-electron chi connectivity index (χ4n) is 2.36. The minimum Gasteiger partial charge on any atom is -0.492 e. The van der Waals surface area contributed by atoms with E-state index in [4.69, 9.17) is 4.74 Å². The molecular formula is C20H16N4O2. The number of nitriles is 1. The number of ether oxygens (including phenoxy) is 1. The van der Waals surface area contributed by atoms with E-state index in [1.807, 2.05) is 36.4 Å². The molecule has 2 aromatic carbocycles. The minimum atomic E-state index is -0.179. The van der Waals surface area contributed by atoms with Crippen molar-refractivity contribution in [3.8, 4) is 23.4 Å². The zero-order valence-corrected chi connectivity index (χ0v) is 14.3. The number of aromatic nitrogens is 2. The van der Waals surface area contributed by atoms with Crippen molar-refractivity contribution in [3.05, 3.63) is 71.7 Å². The van der Waals surface area contributed by atoms with Crippen molar-refractivity contribution < 1.29 is 9.84 Å². The van der Waals surface area contributed by atoms with Gasteiger partial charge in [-0.25, -0.2) is 15.0 Å². The van der Waals surface area contributed by atoms with E-state index >= 15 is 0 Å². The van der Waals surface area contributed by atoms with Gasteiger partial charge in [0.25, 0.3) is 0 Å². The van der Waals surface area contributed by atoms with Crippen LogP contribution in [0.15, 0.2) is 59.9 Å². The van der Waals surface area contributed by atoms with Crippen LogP contribution in [0.25, 0.3) is 0 Å². The molecule has 0 aliphatic heterocycles. The summed E-state index contributed by atoms with van der Waals surface area (Å²) in [4.78, 5) is 12.2. The molecule has 0 saturated carbocycles. The Balaban J connectivity index is 1.94. The van der Waals surface area contributed by atoms with Crippen LogP contribution in [0.2, 0.25) is 0 Å². The zero-order valence-electron chi connectivity index (χ0n) is 14.3. The third-order valence-electron chi connectivity index (χ3n) is 3.75. The van der Waals surface area contributed by atoms with Crippen molar-refractivity contribution in [2.24, 2.45) is 4.99 Å². The zero-order chi connectivity index (χ0) is 18.5. The van der Waals surface area contributed by atoms with Gasteiger partial charge in [0.05, 0.1) is 11.3 Å². The molecule has 128 valence electrons. The predicted octanol–water partition coefficient (Wildman–Crippen LogP) is 4.30. The molecule has 0 radical (unpaired) electrons. The number of benzene rings is 2. The average molecular weight is 344 g/mol. The highest BCUT2D eigenvalue weighted by Gasteiger charge is 2.10. The molecule has 1 heterocycles. The van der Waals surface area contributed by atoms with Crippen molar-refractivity contribution in [2.45, 2.75) is 13.8 Å². The van der Waals surface area contributed by atoms with Gasteiger partial charge >= 0.3 is 0 Å². The molecule has 6 nitrogen and oxygen atoms in total. The largest absolute Gasteiger partial charge is 0.492 e. The number of aromatic hydroxyl groups is 1. The van der Waals surface area contributed by atoms with Crippen LogP contribution in [-0.4, -0.2) is 20.8 Å². The molecular weight excluding hydrogens is 328 g/mol. The van der Waals surface area contributed by atoms with E-state index in [-0.39, 0.29) is 5.88 Å². The van der Waals surface area contributed by atoms with Crippen molar-refractivity contribution >= 4 is 11.4 Å². The van der Waals surface area contributed by atoms with E-state index in [0.29, 0.717) is 34.2 Å². The van der Waals surface area contributed by atoms with Crippen LogP contribution < -0.4 is 4.74 Å². The lowest BCUT2D eigenvalue weighted by atomic mass is 10.1. The summed E-state index contributed by atoms with van der Waals surface area (Å²) in [5.41, 5.74) is 2.64. The lowest BCUT2D eigenvalue weighted by Gasteiger charge is -2.09. The monoisotopic (exact) mass is 344 g/mol. The summed E-state index contributed by atoms with van der Waals surface area (Å²) >= 11 is 0. The Hall–Kier alpha value is -3.72. The van der Waals surface area contributed by atoms with Gasteiger partial charge in [-0.3, -0.25) is 0 Å². The summed E-state index contributed by atoms with van der Waals surface area (Å²) in [6, 6.07) is 16.7. The van der Waals surface area contributed by atoms with Gasteiger partial charge in [-0.2, -0.15) is 5.26 Å². The standard InChI is InChI=1S/C20H16N4O2/c1-13(24-19-14(2)22-12-23-20(19)25)15-8-9-18(16(10-15)11-21)26-17-6-4-3-5-7-17/h3-10,12H,1-2H3,(H,22,23,25)/b24-13+. The molecule has 3 rings (SSSR count). The first kappa shape index (κ1) is 17.1. The normalized spacial score (nSPS) is 11.0. The molecule has 6 heteroatoms. The Morgan fingerprint density at radius 1 is 1.15 bits per heavy atom. The molecule has 1 N–H and O–H groups in total. The van der Waals surface area contributed by atoms with Crippen LogP contribution in [0.4, 0.5) is 5.69 Å². The number of rotatable bonds is 4. The summed E-state index contributed by atoms with van der Waals surface area (Å²) in [7, 11) is 0. The summed E-state index contributed by atoms with van der Waals surface area (Å²) in [5, 5.41) is 19.3. The number of hydrogen-bond acceptors (Lipinski definition) is 6. The third-order valence-corrected chi connectivity index (χ3v) is 3.75. The first-order valence-corrected chi connectivity index (χ1v) is 7.92. The van der Waals surface area contributed by atoms with E-state index in [9.17, 15) is 10.4 Å². The molecule has 0 fully saturated rings. The second-order valence-electron chi connectivity index (χ2n) is 5.57. The number of aliphatic imine (C=N–C) groups is 1. The van der Waals surface area contributed by atoms with Crippen molar-refractivity contribution in [1.82, 2.24) is 9.97 Å². The Kier molecular flexibility index (Phi) is 4.90. The quantitative estimate of drug-likeness (QED) is 0.713. The molecule has 0 spiro atoms. The highest BCUT2D eigenvalue weighted by Crippen LogP contribution is 2.29. The van der Waals surface area contributed by atoms with Gasteiger partial charge in [-0.15, -0.1) is 0 Å². The summed E-state index contributed by atoms with van der Waals surface area (Å²) in [5.74, 6) is 0.947. The SMILES string of the molecule is C/C(=N\c1c(C)ncnc1O)c1ccc(Oc2ccccc2)c(C#N)c1. The maximum Gasteiger partial charge on any atom is 0.240 e. The second-order valence-corrected chi connectivity index (χ2v) is 5.57. The molecule has 0 unspecified atom stereocenters. The van der Waals surface area contributed by atoms with Crippen LogP contribution in [0.1, 0.15) is 23.7 Å². The van der Waals surface area contributed by atoms with Gasteiger partial charge in [0.15, 0.2) is 0 Å². The van der Waals surface area contributed by atoms with Gasteiger partial charge in [-0.05, 0) is 49.7 Å². The van der Waals surface area contributed by atoms with Gasteiger partial charge < -0.3 is 9.84 Å². The maximum atomic E-state index is 9.87. The molecule has 0 bridgehead atoms. The Morgan fingerprint density at radius 2 is 1.92 bits per heavy atom. The van der Waals surface area contributed by atoms with Gasteiger partial charge in [-0.1, -0.05) is 18.2 Å². The molecule has 0 atom stereocenters. The van der Waals surface area contributed by atoms with Crippen LogP contribution in [0.3, 0.4) is 0 Å². The first-order valence-electron chi connectivity index (χ1n) is 7.92. The predicted molar refractivity (Wildman–Crippen MR) is 98.0 cm³/mol. The molecule has 0 aliphatic carbocycles. The second kappa shape index (κ2) is 7.45. The first-order chi connectivity index (χ1) is 12.6. The van der Waals surface area contributed by atoms with Crippen molar-refractivity contribution in [3.63, 3.8) is 0 Å². The highest BCUT2D eigenvalue weighted by atomic mass is 16.5. The van der Waals surface area contributed by atoms with Crippen LogP contribution >= 0.6 is 0 Å². The van der Waals surface area contributed by atoms with Gasteiger partial charge in [0, 0.05) is 5.71 Å².